The highest BCUT2D eigenvalue weighted by Crippen LogP contribution is 2.23. The maximum Gasteiger partial charge on any atom is 0.126 e. The minimum Gasteiger partial charge on any atom is -0.207 e. The fraction of sp³-hybridized carbons (Fsp3) is 0.250. The van der Waals surface area contributed by atoms with Crippen molar-refractivity contribution in [3.05, 3.63) is 68.9 Å². The van der Waals surface area contributed by atoms with Crippen LogP contribution in [0.5, 0.6) is 0 Å². The van der Waals surface area contributed by atoms with E-state index in [4.69, 9.17) is 11.6 Å². The largest absolute Gasteiger partial charge is 0.207 e. The van der Waals surface area contributed by atoms with Crippen molar-refractivity contribution >= 4 is 43.5 Å². The van der Waals surface area contributed by atoms with Crippen LogP contribution in [0.25, 0.3) is 0 Å². The van der Waals surface area contributed by atoms with Crippen LogP contribution in [0.3, 0.4) is 0 Å². The van der Waals surface area contributed by atoms with Gasteiger partial charge in [-0.2, -0.15) is 0 Å². The van der Waals surface area contributed by atoms with Crippen molar-refractivity contribution in [1.82, 2.24) is 0 Å². The molecule has 0 bridgehead atoms. The second-order valence-electron chi connectivity index (χ2n) is 4.79. The van der Waals surface area contributed by atoms with E-state index in [1.165, 1.54) is 11.6 Å². The summed E-state index contributed by atoms with van der Waals surface area (Å²) in [7, 11) is 0. The molecule has 0 aliphatic carbocycles. The Kier molecular flexibility index (Phi) is 6.06. The van der Waals surface area contributed by atoms with Crippen LogP contribution in [0.4, 0.5) is 4.39 Å². The lowest BCUT2D eigenvalue weighted by Crippen LogP contribution is -2.11. The quantitative estimate of drug-likeness (QED) is 0.518. The summed E-state index contributed by atoms with van der Waals surface area (Å²) in [6, 6.07) is 12.9. The van der Waals surface area contributed by atoms with E-state index >= 15 is 0 Å². The van der Waals surface area contributed by atoms with Crippen molar-refractivity contribution in [3.63, 3.8) is 0 Å². The molecule has 2 rings (SSSR count). The first-order valence-corrected chi connectivity index (χ1v) is 8.62. The van der Waals surface area contributed by atoms with E-state index in [2.05, 4.69) is 44.0 Å². The van der Waals surface area contributed by atoms with E-state index in [1.807, 2.05) is 12.1 Å². The summed E-state index contributed by atoms with van der Waals surface area (Å²) in [4.78, 5) is 0. The third-order valence-electron chi connectivity index (χ3n) is 3.15. The second kappa shape index (κ2) is 7.58. The van der Waals surface area contributed by atoms with Gasteiger partial charge in [-0.3, -0.25) is 0 Å². The molecular weight excluding hydrogens is 406 g/mol. The first-order chi connectivity index (χ1) is 9.58. The number of halogens is 4. The van der Waals surface area contributed by atoms with Crippen LogP contribution in [-0.4, -0.2) is 5.33 Å². The van der Waals surface area contributed by atoms with Crippen LogP contribution in [0, 0.1) is 11.7 Å². The van der Waals surface area contributed by atoms with Gasteiger partial charge in [-0.1, -0.05) is 55.6 Å². The van der Waals surface area contributed by atoms with E-state index < -0.39 is 0 Å². The summed E-state index contributed by atoms with van der Waals surface area (Å²) < 4.78 is 14.9. The van der Waals surface area contributed by atoms with Gasteiger partial charge in [-0.05, 0) is 60.2 Å². The topological polar surface area (TPSA) is 0 Å². The van der Waals surface area contributed by atoms with Crippen LogP contribution in [0.2, 0.25) is 5.02 Å². The van der Waals surface area contributed by atoms with Crippen molar-refractivity contribution in [2.45, 2.75) is 12.8 Å². The highest BCUT2D eigenvalue weighted by molar-refractivity contribution is 9.10. The molecule has 0 fully saturated rings. The Balaban J connectivity index is 2.11. The first-order valence-electron chi connectivity index (χ1n) is 6.33. The predicted octanol–water partition coefficient (Wildman–Crippen LogP) is 6.04. The number of benzene rings is 2. The number of rotatable bonds is 5. The van der Waals surface area contributed by atoms with Gasteiger partial charge in [0.15, 0.2) is 0 Å². The summed E-state index contributed by atoms with van der Waals surface area (Å²) in [6.07, 6.45) is 1.57. The molecule has 106 valence electrons. The van der Waals surface area contributed by atoms with Crippen molar-refractivity contribution in [3.8, 4) is 0 Å². The molecular formula is C16H14Br2ClF. The fourth-order valence-electron chi connectivity index (χ4n) is 2.19. The Morgan fingerprint density at radius 3 is 2.60 bits per heavy atom. The lowest BCUT2D eigenvalue weighted by molar-refractivity contribution is 0.550. The van der Waals surface area contributed by atoms with Gasteiger partial charge in [0.25, 0.3) is 0 Å². The molecule has 1 unspecified atom stereocenters. The van der Waals surface area contributed by atoms with Gasteiger partial charge in [0.05, 0.1) is 0 Å². The molecule has 0 amide bonds. The predicted molar refractivity (Wildman–Crippen MR) is 90.2 cm³/mol. The summed E-state index contributed by atoms with van der Waals surface area (Å²) in [6.45, 7) is 0. The van der Waals surface area contributed by atoms with Crippen LogP contribution in [-0.2, 0) is 12.8 Å². The van der Waals surface area contributed by atoms with Gasteiger partial charge >= 0.3 is 0 Å². The minimum atomic E-state index is -0.186. The average molecular weight is 421 g/mol. The molecule has 0 N–H and O–H groups in total. The number of alkyl halides is 1. The Hall–Kier alpha value is -0.380. The molecule has 0 spiro atoms. The van der Waals surface area contributed by atoms with Crippen molar-refractivity contribution < 1.29 is 4.39 Å². The van der Waals surface area contributed by atoms with E-state index in [9.17, 15) is 4.39 Å². The van der Waals surface area contributed by atoms with Gasteiger partial charge in [0.2, 0.25) is 0 Å². The molecule has 0 heterocycles. The van der Waals surface area contributed by atoms with Gasteiger partial charge < -0.3 is 0 Å². The molecule has 2 aromatic carbocycles. The molecule has 0 aliphatic rings. The summed E-state index contributed by atoms with van der Waals surface area (Å²) >= 11 is 12.9. The zero-order valence-corrected chi connectivity index (χ0v) is 14.7. The standard InChI is InChI=1S/C16H14Br2ClF/c17-10-12(6-11-2-1-3-14(18)8-11)7-13-9-15(19)4-5-16(13)20/h1-5,8-9,12H,6-7,10H2. The molecule has 0 nitrogen and oxygen atoms in total. The Morgan fingerprint density at radius 2 is 1.90 bits per heavy atom. The molecule has 2 aromatic rings. The summed E-state index contributed by atoms with van der Waals surface area (Å²) in [5.74, 6) is 0.145. The number of hydrogen-bond acceptors (Lipinski definition) is 0. The third kappa shape index (κ3) is 4.57. The van der Waals surface area contributed by atoms with Crippen molar-refractivity contribution in [2.75, 3.05) is 5.33 Å². The zero-order chi connectivity index (χ0) is 14.5. The molecule has 0 saturated heterocycles. The van der Waals surface area contributed by atoms with Crippen LogP contribution < -0.4 is 0 Å². The van der Waals surface area contributed by atoms with Crippen LogP contribution >= 0.6 is 43.5 Å². The molecule has 0 radical (unpaired) electrons. The fourth-order valence-corrected chi connectivity index (χ4v) is 3.29. The maximum absolute atomic E-state index is 13.8. The molecule has 4 heteroatoms. The highest BCUT2D eigenvalue weighted by Gasteiger charge is 2.13. The van der Waals surface area contributed by atoms with Crippen molar-refractivity contribution in [2.24, 2.45) is 5.92 Å². The summed E-state index contributed by atoms with van der Waals surface area (Å²) in [5, 5.41) is 1.41. The van der Waals surface area contributed by atoms with Crippen LogP contribution in [0.15, 0.2) is 46.9 Å². The average Bonchev–Trinajstić information content (AvgIpc) is 2.42. The van der Waals surface area contributed by atoms with Gasteiger partial charge in [0, 0.05) is 14.8 Å². The van der Waals surface area contributed by atoms with Crippen LogP contribution in [0.1, 0.15) is 11.1 Å². The SMILES string of the molecule is Fc1ccc(Cl)cc1CC(CBr)Cc1cccc(Br)c1. The normalized spacial score (nSPS) is 12.4. The Morgan fingerprint density at radius 1 is 1.10 bits per heavy atom. The first kappa shape index (κ1) is 16.0. The highest BCUT2D eigenvalue weighted by atomic mass is 79.9. The van der Waals surface area contributed by atoms with Gasteiger partial charge in [-0.15, -0.1) is 0 Å². The monoisotopic (exact) mass is 418 g/mol. The minimum absolute atomic E-state index is 0.186. The Bertz CT molecular complexity index is 586. The lowest BCUT2D eigenvalue weighted by atomic mass is 9.94. The van der Waals surface area contributed by atoms with E-state index in [1.54, 1.807) is 12.1 Å². The maximum atomic E-state index is 13.8. The van der Waals surface area contributed by atoms with Gasteiger partial charge in [0.1, 0.15) is 5.82 Å². The molecule has 1 atom stereocenters. The van der Waals surface area contributed by atoms with E-state index in [0.29, 0.717) is 22.9 Å². The smallest absolute Gasteiger partial charge is 0.126 e. The second-order valence-corrected chi connectivity index (χ2v) is 6.79. The van der Waals surface area contributed by atoms with E-state index in [-0.39, 0.29) is 5.82 Å². The molecule has 0 aromatic heterocycles. The molecule has 0 aliphatic heterocycles. The Labute approximate surface area is 140 Å². The van der Waals surface area contributed by atoms with Gasteiger partial charge in [-0.25, -0.2) is 4.39 Å². The van der Waals surface area contributed by atoms with E-state index in [0.717, 1.165) is 16.2 Å². The third-order valence-corrected chi connectivity index (χ3v) is 4.79. The lowest BCUT2D eigenvalue weighted by Gasteiger charge is -2.15. The zero-order valence-electron chi connectivity index (χ0n) is 10.8. The number of hydrogen-bond donors (Lipinski definition) is 0. The molecule has 0 saturated carbocycles. The van der Waals surface area contributed by atoms with Crippen molar-refractivity contribution in [1.29, 1.82) is 0 Å². The molecule has 20 heavy (non-hydrogen) atoms. The summed E-state index contributed by atoms with van der Waals surface area (Å²) in [5.41, 5.74) is 1.92.